The van der Waals surface area contributed by atoms with Gasteiger partial charge in [-0.15, -0.1) is 0 Å². The summed E-state index contributed by atoms with van der Waals surface area (Å²) in [5.41, 5.74) is 13.9. The maximum absolute atomic E-state index is 6.38. The second kappa shape index (κ2) is 10.3. The van der Waals surface area contributed by atoms with E-state index in [0.717, 1.165) is 45.4 Å². The Morgan fingerprint density at radius 2 is 0.712 bits per heavy atom. The Morgan fingerprint density at radius 3 is 1.19 bits per heavy atom. The molecule has 12 rings (SSSR count). The van der Waals surface area contributed by atoms with Crippen LogP contribution in [-0.4, -0.2) is 9.13 Å². The van der Waals surface area contributed by atoms with Crippen LogP contribution in [0.1, 0.15) is 0 Å². The summed E-state index contributed by atoms with van der Waals surface area (Å²) < 4.78 is 17.5. The van der Waals surface area contributed by atoms with E-state index >= 15 is 0 Å². The summed E-state index contributed by atoms with van der Waals surface area (Å²) in [6, 6.07) is 60.7. The molecular weight excluding hydrogens is 637 g/mol. The maximum atomic E-state index is 6.38. The van der Waals surface area contributed by atoms with Crippen molar-refractivity contribution in [3.05, 3.63) is 170 Å². The molecule has 8 aromatic carbocycles. The molecule has 0 unspecified atom stereocenters. The molecule has 4 heterocycles. The first-order chi connectivity index (χ1) is 25.8. The van der Waals surface area contributed by atoms with Gasteiger partial charge in [-0.25, -0.2) is 0 Å². The molecule has 0 amide bonds. The fourth-order valence-corrected chi connectivity index (χ4v) is 8.71. The summed E-state index contributed by atoms with van der Waals surface area (Å²) in [7, 11) is 0. The molecule has 0 saturated carbocycles. The molecule has 0 aliphatic carbocycles. The molecule has 52 heavy (non-hydrogen) atoms. The van der Waals surface area contributed by atoms with Crippen molar-refractivity contribution in [1.82, 2.24) is 9.13 Å². The molecule has 0 saturated heterocycles. The van der Waals surface area contributed by atoms with E-state index in [2.05, 4.69) is 155 Å². The number of nitrogens with zero attached hydrogens (tertiary/aromatic N) is 2. The number of hydrogen-bond donors (Lipinski definition) is 0. The Balaban J connectivity index is 1.04. The lowest BCUT2D eigenvalue weighted by molar-refractivity contribution is 0.476. The van der Waals surface area contributed by atoms with Gasteiger partial charge in [0.1, 0.15) is 0 Å². The largest absolute Gasteiger partial charge is 0.453 e. The zero-order chi connectivity index (χ0) is 33.9. The van der Waals surface area contributed by atoms with Crippen molar-refractivity contribution in [2.75, 3.05) is 0 Å². The molecule has 0 N–H and O–H groups in total. The highest BCUT2D eigenvalue weighted by atomic mass is 16.5. The molecule has 0 radical (unpaired) electrons. The summed E-state index contributed by atoms with van der Waals surface area (Å²) >= 11 is 0. The van der Waals surface area contributed by atoms with Crippen LogP contribution >= 0.6 is 0 Å². The normalized spacial score (nSPS) is 12.5. The predicted molar refractivity (Wildman–Crippen MR) is 212 cm³/mol. The van der Waals surface area contributed by atoms with E-state index in [1.165, 1.54) is 66.0 Å². The summed E-state index contributed by atoms with van der Waals surface area (Å²) in [6.45, 7) is 0. The first-order valence-corrected chi connectivity index (χ1v) is 17.7. The smallest absolute Gasteiger partial charge is 0.152 e. The first-order valence-electron chi connectivity index (χ1n) is 17.7. The third kappa shape index (κ3) is 3.70. The third-order valence-corrected chi connectivity index (χ3v) is 10.9. The highest BCUT2D eigenvalue weighted by molar-refractivity contribution is 6.15. The quantitative estimate of drug-likeness (QED) is 0.188. The van der Waals surface area contributed by atoms with E-state index in [-0.39, 0.29) is 0 Å². The van der Waals surface area contributed by atoms with E-state index in [1.54, 1.807) is 0 Å². The fraction of sp³-hybridized carbons (Fsp3) is 0. The number of aromatic nitrogens is 2. The van der Waals surface area contributed by atoms with Crippen LogP contribution in [0.15, 0.2) is 170 Å². The van der Waals surface area contributed by atoms with Crippen LogP contribution < -0.4 is 9.47 Å². The summed E-state index contributed by atoms with van der Waals surface area (Å²) in [5.74, 6) is 3.52. The molecule has 2 aliphatic rings. The average molecular weight is 665 g/mol. The second-order valence-electron chi connectivity index (χ2n) is 13.7. The lowest BCUT2D eigenvalue weighted by Gasteiger charge is -2.20. The maximum Gasteiger partial charge on any atom is 0.152 e. The number of hydrogen-bond acceptors (Lipinski definition) is 2. The topological polar surface area (TPSA) is 28.3 Å². The molecule has 4 heteroatoms. The van der Waals surface area contributed by atoms with Crippen LogP contribution in [0.3, 0.4) is 0 Å². The number of rotatable bonds is 3. The molecule has 0 spiro atoms. The highest BCUT2D eigenvalue weighted by Crippen LogP contribution is 2.48. The molecule has 2 aliphatic heterocycles. The van der Waals surface area contributed by atoms with E-state index in [1.807, 2.05) is 24.3 Å². The van der Waals surface area contributed by atoms with Crippen LogP contribution in [0.4, 0.5) is 0 Å². The average Bonchev–Trinajstić information content (AvgIpc) is 3.73. The van der Waals surface area contributed by atoms with Gasteiger partial charge in [0.25, 0.3) is 0 Å². The van der Waals surface area contributed by atoms with Crippen molar-refractivity contribution in [2.45, 2.75) is 0 Å². The molecule has 2 aromatic heterocycles. The minimum atomic E-state index is 0.875. The van der Waals surface area contributed by atoms with Crippen LogP contribution in [0, 0.1) is 0 Å². The second-order valence-corrected chi connectivity index (χ2v) is 13.7. The number of ether oxygens (including phenoxy) is 2. The molecule has 0 fully saturated rings. The number of fused-ring (bicyclic) bond motifs is 10. The minimum absolute atomic E-state index is 0.875. The SMILES string of the molecule is c1ccc2c(c1)Oc1cccc3c4cc(-c5ccccc5-c5ccccc5-c5ccc6c(c5)c5cccc7c5n6-c5ccccc5O7)ccc4n-2c13. The van der Waals surface area contributed by atoms with Crippen molar-refractivity contribution >= 4 is 43.6 Å². The van der Waals surface area contributed by atoms with Crippen LogP contribution in [-0.2, 0) is 0 Å². The van der Waals surface area contributed by atoms with Crippen molar-refractivity contribution in [1.29, 1.82) is 0 Å². The van der Waals surface area contributed by atoms with Gasteiger partial charge < -0.3 is 18.6 Å². The van der Waals surface area contributed by atoms with Crippen LogP contribution in [0.5, 0.6) is 23.0 Å². The zero-order valence-corrected chi connectivity index (χ0v) is 27.9. The van der Waals surface area contributed by atoms with E-state index in [4.69, 9.17) is 9.47 Å². The van der Waals surface area contributed by atoms with Crippen molar-refractivity contribution in [3.8, 4) is 67.8 Å². The standard InChI is InChI=1S/C48H28N2O2/c1-3-13-33(31(11-1)29-23-25-39-37(27-29)35-15-9-21-45-47(35)49(39)41-17-5-7-19-43(41)51-45)34-14-4-2-12-32(34)30-24-26-40-38(28-30)36-16-10-22-46-48(36)50(40)42-18-6-8-20-44(42)52-46/h1-28H. The number of para-hydroxylation sites is 6. The van der Waals surface area contributed by atoms with E-state index < -0.39 is 0 Å². The number of benzene rings is 8. The monoisotopic (exact) mass is 664 g/mol. The Hall–Kier alpha value is -7.04. The van der Waals surface area contributed by atoms with Crippen molar-refractivity contribution in [2.24, 2.45) is 0 Å². The van der Waals surface area contributed by atoms with Gasteiger partial charge in [-0.05, 0) is 94.0 Å². The lowest BCUT2D eigenvalue weighted by Crippen LogP contribution is -2.03. The molecule has 0 atom stereocenters. The van der Waals surface area contributed by atoms with Gasteiger partial charge in [-0.2, -0.15) is 0 Å². The van der Waals surface area contributed by atoms with Gasteiger partial charge in [0, 0.05) is 21.5 Å². The Morgan fingerprint density at radius 1 is 0.308 bits per heavy atom. The summed E-state index contributed by atoms with van der Waals surface area (Å²) in [6.07, 6.45) is 0. The van der Waals surface area contributed by atoms with Gasteiger partial charge in [0.2, 0.25) is 0 Å². The van der Waals surface area contributed by atoms with Crippen LogP contribution in [0.25, 0.3) is 88.4 Å². The fourth-order valence-electron chi connectivity index (χ4n) is 8.71. The summed E-state index contributed by atoms with van der Waals surface area (Å²) in [4.78, 5) is 0. The molecule has 0 bridgehead atoms. The Kier molecular flexibility index (Phi) is 5.47. The van der Waals surface area contributed by atoms with Gasteiger partial charge in [-0.1, -0.05) is 109 Å². The van der Waals surface area contributed by atoms with Gasteiger partial charge in [-0.3, -0.25) is 0 Å². The highest BCUT2D eigenvalue weighted by Gasteiger charge is 2.25. The van der Waals surface area contributed by atoms with E-state index in [0.29, 0.717) is 0 Å². The first kappa shape index (κ1) is 27.7. The minimum Gasteiger partial charge on any atom is -0.453 e. The van der Waals surface area contributed by atoms with Crippen molar-refractivity contribution < 1.29 is 9.47 Å². The zero-order valence-electron chi connectivity index (χ0n) is 27.9. The van der Waals surface area contributed by atoms with Gasteiger partial charge in [0.15, 0.2) is 23.0 Å². The van der Waals surface area contributed by atoms with Crippen molar-refractivity contribution in [3.63, 3.8) is 0 Å². The predicted octanol–water partition coefficient (Wildman–Crippen LogP) is 13.1. The molecule has 4 nitrogen and oxygen atoms in total. The Labute approximate surface area is 298 Å². The summed E-state index contributed by atoms with van der Waals surface area (Å²) in [5, 5.41) is 4.80. The molecule has 242 valence electrons. The van der Waals surface area contributed by atoms with E-state index in [9.17, 15) is 0 Å². The molecule has 10 aromatic rings. The van der Waals surface area contributed by atoms with Crippen LogP contribution in [0.2, 0.25) is 0 Å². The van der Waals surface area contributed by atoms with Gasteiger partial charge in [0.05, 0.1) is 33.4 Å². The lowest BCUT2D eigenvalue weighted by atomic mass is 9.89. The van der Waals surface area contributed by atoms with Gasteiger partial charge >= 0.3 is 0 Å². The Bertz CT molecular complexity index is 2930. The third-order valence-electron chi connectivity index (χ3n) is 10.9. The molecular formula is C48H28N2O2.